The Morgan fingerprint density at radius 2 is 2.13 bits per heavy atom. The van der Waals surface area contributed by atoms with Crippen molar-refractivity contribution in [3.05, 3.63) is 34.9 Å². The third-order valence-electron chi connectivity index (χ3n) is 4.41. The van der Waals surface area contributed by atoms with Crippen LogP contribution >= 0.6 is 11.6 Å². The van der Waals surface area contributed by atoms with E-state index in [-0.39, 0.29) is 24.2 Å². The van der Waals surface area contributed by atoms with E-state index in [4.69, 9.17) is 11.6 Å². The standard InChI is InChI=1S/C17H26ClN3O2/c1-3-14(22)8-10-19-17(23)20-15-9-11-21(2)16(15)12-4-6-13(18)7-5-12/h4-7,14-16,22H,3,8-11H2,1-2H3,(H2,19,20,23). The number of likely N-dealkylation sites (tertiary alicyclic amines) is 1. The van der Waals surface area contributed by atoms with Crippen LogP contribution in [-0.4, -0.2) is 48.3 Å². The van der Waals surface area contributed by atoms with Crippen LogP contribution in [0.2, 0.25) is 5.02 Å². The molecule has 5 nitrogen and oxygen atoms in total. The Hall–Kier alpha value is -1.30. The molecule has 3 N–H and O–H groups in total. The maximum Gasteiger partial charge on any atom is 0.315 e. The van der Waals surface area contributed by atoms with Crippen molar-refractivity contribution in [2.24, 2.45) is 0 Å². The minimum atomic E-state index is -0.352. The predicted octanol–water partition coefficient (Wildman–Crippen LogP) is 2.55. The van der Waals surface area contributed by atoms with Gasteiger partial charge in [0, 0.05) is 18.1 Å². The van der Waals surface area contributed by atoms with Crippen LogP contribution in [0.3, 0.4) is 0 Å². The van der Waals surface area contributed by atoms with Crippen LogP contribution in [0.25, 0.3) is 0 Å². The maximum absolute atomic E-state index is 12.1. The molecule has 1 saturated heterocycles. The van der Waals surface area contributed by atoms with Crippen molar-refractivity contribution in [3.8, 4) is 0 Å². The summed E-state index contributed by atoms with van der Waals surface area (Å²) in [6.45, 7) is 3.34. The Morgan fingerprint density at radius 1 is 1.43 bits per heavy atom. The predicted molar refractivity (Wildman–Crippen MR) is 92.7 cm³/mol. The fraction of sp³-hybridized carbons (Fsp3) is 0.588. The second-order valence-electron chi connectivity index (χ2n) is 6.12. The maximum atomic E-state index is 12.1. The first-order valence-electron chi connectivity index (χ1n) is 8.19. The third kappa shape index (κ3) is 5.09. The van der Waals surface area contributed by atoms with Gasteiger partial charge >= 0.3 is 6.03 Å². The number of nitrogens with one attached hydrogen (secondary N) is 2. The number of aliphatic hydroxyl groups is 1. The second kappa shape index (κ2) is 8.52. The molecule has 1 heterocycles. The molecule has 0 spiro atoms. The van der Waals surface area contributed by atoms with E-state index in [9.17, 15) is 9.90 Å². The molecule has 3 unspecified atom stereocenters. The molecule has 128 valence electrons. The lowest BCUT2D eigenvalue weighted by atomic mass is 10.0. The van der Waals surface area contributed by atoms with Gasteiger partial charge in [-0.25, -0.2) is 4.79 Å². The summed E-state index contributed by atoms with van der Waals surface area (Å²) in [5, 5.41) is 16.1. The van der Waals surface area contributed by atoms with Gasteiger partial charge in [-0.1, -0.05) is 30.7 Å². The lowest BCUT2D eigenvalue weighted by Crippen LogP contribution is -2.45. The minimum absolute atomic E-state index is 0.0669. The van der Waals surface area contributed by atoms with Gasteiger partial charge in [-0.15, -0.1) is 0 Å². The Bertz CT molecular complexity index is 509. The van der Waals surface area contributed by atoms with Crippen LogP contribution in [-0.2, 0) is 0 Å². The molecule has 23 heavy (non-hydrogen) atoms. The summed E-state index contributed by atoms with van der Waals surface area (Å²) in [5.41, 5.74) is 1.15. The number of hydrogen-bond donors (Lipinski definition) is 3. The van der Waals surface area contributed by atoms with Gasteiger partial charge in [0.25, 0.3) is 0 Å². The molecule has 3 atom stereocenters. The number of carbonyl (C=O) groups excluding carboxylic acids is 1. The largest absolute Gasteiger partial charge is 0.393 e. The average molecular weight is 340 g/mol. The van der Waals surface area contributed by atoms with E-state index < -0.39 is 0 Å². The SMILES string of the molecule is CCC(O)CCNC(=O)NC1CCN(C)C1c1ccc(Cl)cc1. The Labute approximate surface area is 143 Å². The van der Waals surface area contributed by atoms with Crippen LogP contribution in [0.15, 0.2) is 24.3 Å². The molecule has 0 radical (unpaired) electrons. The topological polar surface area (TPSA) is 64.6 Å². The first-order valence-corrected chi connectivity index (χ1v) is 8.57. The van der Waals surface area contributed by atoms with E-state index in [1.807, 2.05) is 31.2 Å². The average Bonchev–Trinajstić information content (AvgIpc) is 2.88. The third-order valence-corrected chi connectivity index (χ3v) is 4.66. The van der Waals surface area contributed by atoms with E-state index in [0.717, 1.165) is 18.5 Å². The normalized spacial score (nSPS) is 22.8. The Kier molecular flexibility index (Phi) is 6.69. The summed E-state index contributed by atoms with van der Waals surface area (Å²) in [7, 11) is 2.07. The van der Waals surface area contributed by atoms with Gasteiger partial charge in [-0.2, -0.15) is 0 Å². The van der Waals surface area contributed by atoms with Crippen molar-refractivity contribution in [2.75, 3.05) is 20.1 Å². The molecule has 1 aromatic carbocycles. The van der Waals surface area contributed by atoms with Gasteiger partial charge in [-0.3, -0.25) is 4.90 Å². The number of carbonyl (C=O) groups is 1. The van der Waals surface area contributed by atoms with Crippen molar-refractivity contribution in [1.82, 2.24) is 15.5 Å². The summed E-state index contributed by atoms with van der Waals surface area (Å²) in [6.07, 6.45) is 1.84. The van der Waals surface area contributed by atoms with E-state index in [2.05, 4.69) is 22.6 Å². The van der Waals surface area contributed by atoms with E-state index in [0.29, 0.717) is 24.4 Å². The molecule has 0 bridgehead atoms. The van der Waals surface area contributed by atoms with Gasteiger partial charge < -0.3 is 15.7 Å². The van der Waals surface area contributed by atoms with Crippen LogP contribution in [0.5, 0.6) is 0 Å². The summed E-state index contributed by atoms with van der Waals surface area (Å²) < 4.78 is 0. The number of rotatable bonds is 6. The van der Waals surface area contributed by atoms with Gasteiger partial charge in [0.1, 0.15) is 0 Å². The minimum Gasteiger partial charge on any atom is -0.393 e. The fourth-order valence-electron chi connectivity index (χ4n) is 3.02. The Balaban J connectivity index is 1.90. The van der Waals surface area contributed by atoms with Crippen LogP contribution in [0.1, 0.15) is 37.8 Å². The zero-order valence-corrected chi connectivity index (χ0v) is 14.5. The van der Waals surface area contributed by atoms with Gasteiger partial charge in [0.2, 0.25) is 0 Å². The quantitative estimate of drug-likeness (QED) is 0.746. The number of nitrogens with zero attached hydrogens (tertiary/aromatic N) is 1. The number of halogens is 1. The molecule has 0 aliphatic carbocycles. The summed E-state index contributed by atoms with van der Waals surface area (Å²) in [5.74, 6) is 0. The monoisotopic (exact) mass is 339 g/mol. The van der Waals surface area contributed by atoms with Crippen molar-refractivity contribution in [2.45, 2.75) is 44.4 Å². The highest BCUT2D eigenvalue weighted by molar-refractivity contribution is 6.30. The lowest BCUT2D eigenvalue weighted by molar-refractivity contribution is 0.159. The molecule has 2 rings (SSSR count). The van der Waals surface area contributed by atoms with E-state index in [1.54, 1.807) is 0 Å². The van der Waals surface area contributed by atoms with Gasteiger partial charge in [0.15, 0.2) is 0 Å². The zero-order chi connectivity index (χ0) is 16.8. The molecule has 1 fully saturated rings. The summed E-state index contributed by atoms with van der Waals surface area (Å²) in [6, 6.07) is 7.83. The van der Waals surface area contributed by atoms with E-state index in [1.165, 1.54) is 0 Å². The van der Waals surface area contributed by atoms with Crippen molar-refractivity contribution >= 4 is 17.6 Å². The first kappa shape index (κ1) is 18.0. The van der Waals surface area contributed by atoms with Gasteiger partial charge in [-0.05, 0) is 44.0 Å². The van der Waals surface area contributed by atoms with Crippen molar-refractivity contribution in [1.29, 1.82) is 0 Å². The lowest BCUT2D eigenvalue weighted by Gasteiger charge is -2.26. The number of benzene rings is 1. The number of urea groups is 1. The van der Waals surface area contributed by atoms with Gasteiger partial charge in [0.05, 0.1) is 18.2 Å². The fourth-order valence-corrected chi connectivity index (χ4v) is 3.15. The number of aliphatic hydroxyl groups excluding tert-OH is 1. The number of amides is 2. The molecule has 0 saturated carbocycles. The number of hydrogen-bond acceptors (Lipinski definition) is 3. The van der Waals surface area contributed by atoms with Crippen LogP contribution < -0.4 is 10.6 Å². The first-order chi connectivity index (χ1) is 11.0. The highest BCUT2D eigenvalue weighted by Gasteiger charge is 2.33. The molecular weight excluding hydrogens is 314 g/mol. The molecule has 1 aliphatic rings. The van der Waals surface area contributed by atoms with Crippen LogP contribution in [0, 0.1) is 0 Å². The Morgan fingerprint density at radius 3 is 2.78 bits per heavy atom. The van der Waals surface area contributed by atoms with E-state index >= 15 is 0 Å². The smallest absolute Gasteiger partial charge is 0.315 e. The molecule has 1 aliphatic heterocycles. The molecular formula is C17H26ClN3O2. The number of likely N-dealkylation sites (N-methyl/N-ethyl adjacent to an activating group) is 1. The molecule has 1 aromatic rings. The van der Waals surface area contributed by atoms with Crippen molar-refractivity contribution in [3.63, 3.8) is 0 Å². The van der Waals surface area contributed by atoms with Crippen molar-refractivity contribution < 1.29 is 9.90 Å². The highest BCUT2D eigenvalue weighted by atomic mass is 35.5. The molecule has 0 aromatic heterocycles. The zero-order valence-electron chi connectivity index (χ0n) is 13.8. The van der Waals surface area contributed by atoms with Crippen LogP contribution in [0.4, 0.5) is 4.79 Å². The second-order valence-corrected chi connectivity index (χ2v) is 6.56. The molecule has 2 amide bonds. The summed E-state index contributed by atoms with van der Waals surface area (Å²) in [4.78, 5) is 14.3. The summed E-state index contributed by atoms with van der Waals surface area (Å²) >= 11 is 5.96. The molecule has 6 heteroatoms. The highest BCUT2D eigenvalue weighted by Crippen LogP contribution is 2.31.